The lowest BCUT2D eigenvalue weighted by molar-refractivity contribution is 1.02. The molecule has 0 radical (unpaired) electrons. The van der Waals surface area contributed by atoms with Gasteiger partial charge in [0.15, 0.2) is 0 Å². The Labute approximate surface area is 139 Å². The molecule has 2 aromatic heterocycles. The topological polar surface area (TPSA) is 62.7 Å². The van der Waals surface area contributed by atoms with Crippen molar-refractivity contribution in [3.05, 3.63) is 71.3 Å². The van der Waals surface area contributed by atoms with Gasteiger partial charge in [0, 0.05) is 25.0 Å². The van der Waals surface area contributed by atoms with Crippen molar-refractivity contribution in [2.24, 2.45) is 0 Å². The number of hydrogen-bond acceptors (Lipinski definition) is 5. The van der Waals surface area contributed by atoms with Crippen LogP contribution in [-0.4, -0.2) is 15.0 Å². The average molecular weight is 326 g/mol. The number of nitrogens with one attached hydrogen (secondary N) is 2. The summed E-state index contributed by atoms with van der Waals surface area (Å²) in [6.07, 6.45) is 3.54. The summed E-state index contributed by atoms with van der Waals surface area (Å²) in [6, 6.07) is 13.3. The number of aryl methyl sites for hydroxylation is 1. The molecule has 0 atom stereocenters. The van der Waals surface area contributed by atoms with Gasteiger partial charge in [-0.05, 0) is 36.8 Å². The highest BCUT2D eigenvalue weighted by Gasteiger charge is 2.05. The highest BCUT2D eigenvalue weighted by Crippen LogP contribution is 2.24. The average Bonchev–Trinajstić information content (AvgIpc) is 2.56. The highest BCUT2D eigenvalue weighted by atomic mass is 35.5. The highest BCUT2D eigenvalue weighted by molar-refractivity contribution is 6.33. The van der Waals surface area contributed by atoms with Crippen molar-refractivity contribution in [2.75, 3.05) is 10.6 Å². The Balaban J connectivity index is 1.75. The van der Waals surface area contributed by atoms with E-state index in [1.165, 1.54) is 0 Å². The molecular weight excluding hydrogens is 310 g/mol. The Hall–Kier alpha value is -2.66. The van der Waals surface area contributed by atoms with Crippen molar-refractivity contribution in [1.82, 2.24) is 15.0 Å². The standard InChI is InChI=1S/C17H16ClN5/c1-12-21-16(20-11-13-6-8-19-9-7-13)10-17(22-12)23-15-5-3-2-4-14(15)18/h2-10H,11H2,1H3,(H2,20,21,22,23). The number of nitrogens with zero attached hydrogens (tertiary/aromatic N) is 3. The molecule has 0 bridgehead atoms. The van der Waals surface area contributed by atoms with E-state index in [-0.39, 0.29) is 0 Å². The van der Waals surface area contributed by atoms with Crippen LogP contribution < -0.4 is 10.6 Å². The Bertz CT molecular complexity index is 792. The monoisotopic (exact) mass is 325 g/mol. The van der Waals surface area contributed by atoms with Gasteiger partial charge in [0.1, 0.15) is 17.5 Å². The fourth-order valence-corrected chi connectivity index (χ4v) is 2.30. The van der Waals surface area contributed by atoms with Crippen molar-refractivity contribution in [1.29, 1.82) is 0 Å². The van der Waals surface area contributed by atoms with E-state index in [0.29, 0.717) is 23.2 Å². The SMILES string of the molecule is Cc1nc(NCc2ccncc2)cc(Nc2ccccc2Cl)n1. The van der Waals surface area contributed by atoms with Gasteiger partial charge in [0.25, 0.3) is 0 Å². The van der Waals surface area contributed by atoms with Gasteiger partial charge in [0.2, 0.25) is 0 Å². The number of halogens is 1. The van der Waals surface area contributed by atoms with Crippen LogP contribution in [0.1, 0.15) is 11.4 Å². The molecule has 0 aliphatic carbocycles. The van der Waals surface area contributed by atoms with E-state index in [0.717, 1.165) is 17.1 Å². The molecule has 23 heavy (non-hydrogen) atoms. The summed E-state index contributed by atoms with van der Waals surface area (Å²) in [5.74, 6) is 2.13. The summed E-state index contributed by atoms with van der Waals surface area (Å²) in [6.45, 7) is 2.53. The van der Waals surface area contributed by atoms with Crippen molar-refractivity contribution in [3.8, 4) is 0 Å². The zero-order valence-electron chi connectivity index (χ0n) is 12.6. The third-order valence-electron chi connectivity index (χ3n) is 3.20. The first kappa shape index (κ1) is 15.2. The van der Waals surface area contributed by atoms with Crippen LogP contribution in [0.2, 0.25) is 5.02 Å². The molecule has 3 aromatic rings. The van der Waals surface area contributed by atoms with Crippen molar-refractivity contribution >= 4 is 28.9 Å². The molecule has 0 aliphatic rings. The first-order chi connectivity index (χ1) is 11.2. The number of aromatic nitrogens is 3. The zero-order valence-corrected chi connectivity index (χ0v) is 13.4. The summed E-state index contributed by atoms with van der Waals surface area (Å²) >= 11 is 6.17. The number of para-hydroxylation sites is 1. The molecule has 0 fully saturated rings. The molecule has 2 heterocycles. The van der Waals surface area contributed by atoms with Crippen LogP contribution in [0.4, 0.5) is 17.3 Å². The maximum absolute atomic E-state index is 6.17. The number of rotatable bonds is 5. The van der Waals surface area contributed by atoms with Crippen LogP contribution in [0, 0.1) is 6.92 Å². The summed E-state index contributed by atoms with van der Waals surface area (Å²) in [4.78, 5) is 12.8. The van der Waals surface area contributed by atoms with Crippen LogP contribution in [0.15, 0.2) is 54.9 Å². The van der Waals surface area contributed by atoms with Gasteiger partial charge in [-0.2, -0.15) is 0 Å². The minimum atomic E-state index is 0.648. The van der Waals surface area contributed by atoms with Crippen molar-refractivity contribution in [2.45, 2.75) is 13.5 Å². The largest absolute Gasteiger partial charge is 0.366 e. The van der Waals surface area contributed by atoms with Gasteiger partial charge in [-0.1, -0.05) is 23.7 Å². The minimum Gasteiger partial charge on any atom is -0.366 e. The molecule has 0 aliphatic heterocycles. The van der Waals surface area contributed by atoms with Crippen molar-refractivity contribution in [3.63, 3.8) is 0 Å². The second kappa shape index (κ2) is 7.07. The van der Waals surface area contributed by atoms with Crippen molar-refractivity contribution < 1.29 is 0 Å². The fourth-order valence-electron chi connectivity index (χ4n) is 2.12. The van der Waals surface area contributed by atoms with E-state index < -0.39 is 0 Å². The molecule has 1 aromatic carbocycles. The quantitative estimate of drug-likeness (QED) is 0.736. The first-order valence-electron chi connectivity index (χ1n) is 7.21. The van der Waals surface area contributed by atoms with Gasteiger partial charge < -0.3 is 10.6 Å². The van der Waals surface area contributed by atoms with Crippen LogP contribution in [0.5, 0.6) is 0 Å². The molecule has 2 N–H and O–H groups in total. The maximum atomic E-state index is 6.17. The van der Waals surface area contributed by atoms with E-state index in [1.807, 2.05) is 49.4 Å². The first-order valence-corrected chi connectivity index (χ1v) is 7.58. The predicted molar refractivity (Wildman–Crippen MR) is 93.1 cm³/mol. The van der Waals surface area contributed by atoms with Gasteiger partial charge in [-0.25, -0.2) is 9.97 Å². The van der Waals surface area contributed by atoms with E-state index in [1.54, 1.807) is 12.4 Å². The van der Waals surface area contributed by atoms with Crippen LogP contribution in [-0.2, 0) is 6.54 Å². The molecule has 3 rings (SSSR count). The van der Waals surface area contributed by atoms with Gasteiger partial charge in [0.05, 0.1) is 10.7 Å². The minimum absolute atomic E-state index is 0.648. The smallest absolute Gasteiger partial charge is 0.136 e. The lowest BCUT2D eigenvalue weighted by Crippen LogP contribution is -2.05. The lowest BCUT2D eigenvalue weighted by Gasteiger charge is -2.11. The third-order valence-corrected chi connectivity index (χ3v) is 3.53. The number of hydrogen-bond donors (Lipinski definition) is 2. The molecule has 0 saturated carbocycles. The van der Waals surface area contributed by atoms with Crippen LogP contribution >= 0.6 is 11.6 Å². The summed E-state index contributed by atoms with van der Waals surface area (Å²) in [5.41, 5.74) is 1.95. The molecule has 5 nitrogen and oxygen atoms in total. The second-order valence-corrected chi connectivity index (χ2v) is 5.41. The fraction of sp³-hybridized carbons (Fsp3) is 0.118. The molecule has 0 amide bonds. The van der Waals surface area contributed by atoms with E-state index in [2.05, 4.69) is 25.6 Å². The van der Waals surface area contributed by atoms with Gasteiger partial charge >= 0.3 is 0 Å². The number of pyridine rings is 1. The molecular formula is C17H16ClN5. The molecule has 0 unspecified atom stereocenters. The number of anilines is 3. The van der Waals surface area contributed by atoms with E-state index in [9.17, 15) is 0 Å². The second-order valence-electron chi connectivity index (χ2n) is 5.00. The maximum Gasteiger partial charge on any atom is 0.136 e. The van der Waals surface area contributed by atoms with E-state index in [4.69, 9.17) is 11.6 Å². The molecule has 116 valence electrons. The van der Waals surface area contributed by atoms with Crippen LogP contribution in [0.25, 0.3) is 0 Å². The lowest BCUT2D eigenvalue weighted by atomic mass is 10.3. The zero-order chi connectivity index (χ0) is 16.1. The molecule has 0 spiro atoms. The Morgan fingerprint density at radius 1 is 1.00 bits per heavy atom. The Kier molecular flexibility index (Phi) is 4.68. The van der Waals surface area contributed by atoms with Gasteiger partial charge in [-0.15, -0.1) is 0 Å². The van der Waals surface area contributed by atoms with Crippen LogP contribution in [0.3, 0.4) is 0 Å². The summed E-state index contributed by atoms with van der Waals surface area (Å²) in [7, 11) is 0. The Morgan fingerprint density at radius 3 is 2.52 bits per heavy atom. The molecule has 6 heteroatoms. The van der Waals surface area contributed by atoms with Gasteiger partial charge in [-0.3, -0.25) is 4.98 Å². The Morgan fingerprint density at radius 2 is 1.74 bits per heavy atom. The number of benzene rings is 1. The van der Waals surface area contributed by atoms with E-state index >= 15 is 0 Å². The summed E-state index contributed by atoms with van der Waals surface area (Å²) in [5, 5.41) is 7.16. The normalized spacial score (nSPS) is 10.3. The third kappa shape index (κ3) is 4.17. The predicted octanol–water partition coefficient (Wildman–Crippen LogP) is 4.19. The molecule has 0 saturated heterocycles. The summed E-state index contributed by atoms with van der Waals surface area (Å²) < 4.78 is 0.